The van der Waals surface area contributed by atoms with Crippen LogP contribution in [0.15, 0.2) is 60.8 Å². The van der Waals surface area contributed by atoms with Gasteiger partial charge in [-0.2, -0.15) is 10.4 Å². The van der Waals surface area contributed by atoms with Crippen LogP contribution in [0.5, 0.6) is 11.5 Å². The van der Waals surface area contributed by atoms with Gasteiger partial charge in [-0.25, -0.2) is 9.18 Å². The van der Waals surface area contributed by atoms with Crippen molar-refractivity contribution in [1.82, 2.24) is 25.3 Å². The van der Waals surface area contributed by atoms with Crippen LogP contribution in [0.4, 0.5) is 20.6 Å². The molecule has 0 radical (unpaired) electrons. The van der Waals surface area contributed by atoms with Crippen molar-refractivity contribution in [2.75, 3.05) is 55.7 Å². The summed E-state index contributed by atoms with van der Waals surface area (Å²) in [5, 5.41) is 20.7. The van der Waals surface area contributed by atoms with Crippen molar-refractivity contribution < 1.29 is 28.2 Å². The highest BCUT2D eigenvalue weighted by Gasteiger charge is 2.64. The molecule has 3 aliphatic heterocycles. The van der Waals surface area contributed by atoms with Gasteiger partial charge in [0.15, 0.2) is 0 Å². The molecule has 4 fully saturated rings. The van der Waals surface area contributed by atoms with E-state index in [1.165, 1.54) is 6.07 Å². The summed E-state index contributed by atoms with van der Waals surface area (Å²) in [5.41, 5.74) is 2.15. The molecule has 3 aromatic carbocycles. The smallest absolute Gasteiger partial charge is 0.328 e. The van der Waals surface area contributed by atoms with Crippen LogP contribution in [0.3, 0.4) is 0 Å². The molecule has 0 spiro atoms. The topological polar surface area (TPSA) is 145 Å². The molecule has 13 nitrogen and oxygen atoms in total. The van der Waals surface area contributed by atoms with E-state index in [1.54, 1.807) is 35.2 Å². The molecule has 8 rings (SSSR count). The number of rotatable bonds is 11. The minimum absolute atomic E-state index is 0.233. The summed E-state index contributed by atoms with van der Waals surface area (Å²) in [5.74, 6) is 0.631. The average Bonchev–Trinajstić information content (AvgIpc) is 3.67. The Morgan fingerprint density at radius 3 is 2.40 bits per heavy atom. The second kappa shape index (κ2) is 16.4. The molecule has 60 heavy (non-hydrogen) atoms. The molecule has 0 bridgehead atoms. The number of likely N-dealkylation sites (tertiary alicyclic amines) is 1. The Balaban J connectivity index is 0.816. The van der Waals surface area contributed by atoms with Crippen molar-refractivity contribution in [3.05, 3.63) is 77.7 Å². The van der Waals surface area contributed by atoms with Crippen molar-refractivity contribution in [2.24, 2.45) is 16.7 Å². The monoisotopic (exact) mass is 818 g/mol. The zero-order valence-corrected chi connectivity index (χ0v) is 35.2. The van der Waals surface area contributed by atoms with Crippen molar-refractivity contribution >= 4 is 40.1 Å². The van der Waals surface area contributed by atoms with Crippen LogP contribution in [0.1, 0.15) is 88.7 Å². The number of carbonyl (C=O) groups is 3. The molecule has 1 aromatic heterocycles. The van der Waals surface area contributed by atoms with Crippen molar-refractivity contribution in [3.8, 4) is 17.6 Å². The molecular weight excluding hydrogens is 764 g/mol. The van der Waals surface area contributed by atoms with Crippen LogP contribution < -0.4 is 29.9 Å². The summed E-state index contributed by atoms with van der Waals surface area (Å²) in [6, 6.07) is 17.7. The third-order valence-corrected chi connectivity index (χ3v) is 13.3. The van der Waals surface area contributed by atoms with Crippen molar-refractivity contribution in [3.63, 3.8) is 0 Å². The fourth-order valence-corrected chi connectivity index (χ4v) is 10.4. The number of benzene rings is 3. The van der Waals surface area contributed by atoms with Gasteiger partial charge >= 0.3 is 6.03 Å². The van der Waals surface area contributed by atoms with E-state index in [0.717, 1.165) is 75.0 Å². The number of anilines is 2. The van der Waals surface area contributed by atoms with Crippen LogP contribution in [0.2, 0.25) is 0 Å². The van der Waals surface area contributed by atoms with Gasteiger partial charge in [-0.05, 0) is 81.0 Å². The van der Waals surface area contributed by atoms with Crippen LogP contribution >= 0.6 is 0 Å². The summed E-state index contributed by atoms with van der Waals surface area (Å²) >= 11 is 0. The molecule has 0 unspecified atom stereocenters. The minimum atomic E-state index is -0.434. The summed E-state index contributed by atoms with van der Waals surface area (Å²) in [6.45, 7) is 15.3. The van der Waals surface area contributed by atoms with E-state index in [2.05, 4.69) is 58.9 Å². The molecule has 4 aliphatic rings. The molecule has 4 amide bonds. The predicted octanol–water partition coefficient (Wildman–Crippen LogP) is 7.06. The van der Waals surface area contributed by atoms with E-state index < -0.39 is 22.7 Å². The van der Waals surface area contributed by atoms with Gasteiger partial charge in [0, 0.05) is 79.6 Å². The molecule has 3 saturated heterocycles. The lowest BCUT2D eigenvalue weighted by atomic mass is 9.49. The Kier molecular flexibility index (Phi) is 11.2. The fourth-order valence-electron chi connectivity index (χ4n) is 10.4. The molecule has 4 aromatic rings. The largest absolute Gasteiger partial charge is 0.492 e. The van der Waals surface area contributed by atoms with Crippen LogP contribution in [-0.4, -0.2) is 90.5 Å². The first-order valence-electron chi connectivity index (χ1n) is 21.3. The van der Waals surface area contributed by atoms with Crippen molar-refractivity contribution in [2.45, 2.75) is 84.9 Å². The summed E-state index contributed by atoms with van der Waals surface area (Å²) in [6.07, 6.45) is 5.75. The molecule has 1 saturated carbocycles. The standard InChI is InChI=1S/C46H55FN8O5/c1-6-59-39-25-33(12-10-31(39)26-48)60-43-45(2,3)42(46(43,4)5)51-41(57)30-11-13-38(35(47)24-30)53-21-14-29(15-22-53)28-52-19-16-32(17-20-52)55-37-9-7-8-36(34(37)27-49-55)54-23-18-40(56)50-44(54)58/h7-13,24-25,27,29,32,42-43H,6,14-23,28H2,1-5H3,(H,51,57)(H,50,56,58). The number of amides is 4. The Bertz CT molecular complexity index is 2300. The third-order valence-electron chi connectivity index (χ3n) is 13.3. The second-order valence-corrected chi connectivity index (χ2v) is 17.9. The first-order valence-corrected chi connectivity index (χ1v) is 21.3. The fraction of sp³-hybridized carbons (Fsp3) is 0.500. The highest BCUT2D eigenvalue weighted by Crippen LogP contribution is 2.55. The number of fused-ring (bicyclic) bond motifs is 1. The number of piperidine rings is 2. The van der Waals surface area contributed by atoms with Gasteiger partial charge in [-0.15, -0.1) is 0 Å². The minimum Gasteiger partial charge on any atom is -0.492 e. The maximum Gasteiger partial charge on any atom is 0.328 e. The van der Waals surface area contributed by atoms with Gasteiger partial charge in [0.25, 0.3) is 5.91 Å². The normalized spacial score (nSPS) is 22.2. The van der Waals surface area contributed by atoms with E-state index in [9.17, 15) is 19.6 Å². The number of halogens is 1. The molecule has 0 atom stereocenters. The van der Waals surface area contributed by atoms with Gasteiger partial charge in [0.2, 0.25) is 5.91 Å². The zero-order valence-electron chi connectivity index (χ0n) is 35.2. The number of ether oxygens (including phenoxy) is 2. The van der Waals surface area contributed by atoms with E-state index in [4.69, 9.17) is 14.6 Å². The Morgan fingerprint density at radius 2 is 1.72 bits per heavy atom. The maximum absolute atomic E-state index is 15.7. The highest BCUT2D eigenvalue weighted by atomic mass is 19.1. The summed E-state index contributed by atoms with van der Waals surface area (Å²) in [4.78, 5) is 44.1. The quantitative estimate of drug-likeness (QED) is 0.163. The lowest BCUT2D eigenvalue weighted by Crippen LogP contribution is -2.74. The Labute approximate surface area is 350 Å². The highest BCUT2D eigenvalue weighted by molar-refractivity contribution is 6.09. The number of carbonyl (C=O) groups excluding carboxylic acids is 3. The Hall–Kier alpha value is -5.68. The average molecular weight is 819 g/mol. The van der Waals surface area contributed by atoms with Crippen LogP contribution in [0.25, 0.3) is 10.9 Å². The number of nitriles is 1. The van der Waals surface area contributed by atoms with Crippen LogP contribution in [0, 0.1) is 33.9 Å². The lowest BCUT2D eigenvalue weighted by Gasteiger charge is -2.63. The van der Waals surface area contributed by atoms with Crippen molar-refractivity contribution in [1.29, 1.82) is 5.26 Å². The maximum atomic E-state index is 15.7. The van der Waals surface area contributed by atoms with Gasteiger partial charge < -0.3 is 24.6 Å². The molecule has 2 N–H and O–H groups in total. The van der Waals surface area contributed by atoms with Gasteiger partial charge in [-0.3, -0.25) is 24.5 Å². The summed E-state index contributed by atoms with van der Waals surface area (Å²) in [7, 11) is 0. The van der Waals surface area contributed by atoms with Gasteiger partial charge in [-0.1, -0.05) is 33.8 Å². The van der Waals surface area contributed by atoms with E-state index in [-0.39, 0.29) is 42.0 Å². The molecular formula is C46H55FN8O5. The third kappa shape index (κ3) is 7.75. The zero-order chi connectivity index (χ0) is 42.3. The van der Waals surface area contributed by atoms with E-state index in [1.807, 2.05) is 31.3 Å². The first kappa shape index (κ1) is 41.1. The second-order valence-electron chi connectivity index (χ2n) is 17.9. The molecule has 14 heteroatoms. The molecule has 4 heterocycles. The molecule has 1 aliphatic carbocycles. The number of nitrogens with one attached hydrogen (secondary N) is 2. The number of aromatic nitrogens is 2. The SMILES string of the molecule is CCOc1cc(OC2C(C)(C)C(NC(=O)c3ccc(N4CCC(CN5CCC(n6ncc7c(N8CCC(=O)NC8=O)cccc76)CC5)CC4)c(F)c3)C2(C)C)ccc1C#N. The van der Waals surface area contributed by atoms with Crippen LogP contribution in [-0.2, 0) is 4.79 Å². The lowest BCUT2D eigenvalue weighted by molar-refractivity contribution is -0.164. The van der Waals surface area contributed by atoms with E-state index in [0.29, 0.717) is 41.8 Å². The van der Waals surface area contributed by atoms with Gasteiger partial charge in [0.05, 0.1) is 41.3 Å². The van der Waals surface area contributed by atoms with Gasteiger partial charge in [0.1, 0.15) is 29.5 Å². The Morgan fingerprint density at radius 1 is 0.967 bits per heavy atom. The van der Waals surface area contributed by atoms with E-state index >= 15 is 4.39 Å². The number of hydrogen-bond donors (Lipinski definition) is 2. The number of imide groups is 1. The number of hydrogen-bond acceptors (Lipinski definition) is 9. The molecule has 316 valence electrons. The predicted molar refractivity (Wildman–Crippen MR) is 227 cm³/mol. The number of urea groups is 1. The summed E-state index contributed by atoms with van der Waals surface area (Å²) < 4.78 is 29.9. The number of nitrogens with zero attached hydrogens (tertiary/aromatic N) is 6. The first-order chi connectivity index (χ1) is 28.8.